The fraction of sp³-hybridized carbons (Fsp3) is 0.800. The highest BCUT2D eigenvalue weighted by atomic mass is 32.2. The summed E-state index contributed by atoms with van der Waals surface area (Å²) in [6.45, 7) is 11.8. The standard InChI is InChI=1S/C35H55N5O7S/c1-6-17-36-31(43)29(41)24(19-22-13-14-22)37-30(42)28-26-23(34(26,4)5)20-40(28)32(44)27(21(2)3)38-33(45)39-35(15-9-7-10-16-35)25-12-8-11-18-48(25,46)47/h6,21-28H,1,7-20H2,2-5H3,(H,36,43)(H,37,42)(H2,38,39,45). The van der Waals surface area contributed by atoms with Crippen LogP contribution in [-0.2, 0) is 29.0 Å². The zero-order valence-corrected chi connectivity index (χ0v) is 29.8. The highest BCUT2D eigenvalue weighted by Gasteiger charge is 2.69. The molecule has 3 saturated carbocycles. The summed E-state index contributed by atoms with van der Waals surface area (Å²) in [5.41, 5.74) is -1.07. The molecule has 2 saturated heterocycles. The summed E-state index contributed by atoms with van der Waals surface area (Å²) in [7, 11) is -3.38. The van der Waals surface area contributed by atoms with E-state index in [2.05, 4.69) is 41.7 Å². The second kappa shape index (κ2) is 14.1. The van der Waals surface area contributed by atoms with Crippen molar-refractivity contribution in [3.05, 3.63) is 12.7 Å². The second-order valence-corrected chi connectivity index (χ2v) is 18.2. The molecule has 5 rings (SSSR count). The maximum Gasteiger partial charge on any atom is 0.315 e. The number of Topliss-reactive ketones (excluding diaryl/α,β-unsaturated/α-hetero) is 1. The lowest BCUT2D eigenvalue weighted by molar-refractivity contribution is -0.144. The fourth-order valence-corrected chi connectivity index (χ4v) is 11.2. The van der Waals surface area contributed by atoms with Gasteiger partial charge in [-0.25, -0.2) is 13.2 Å². The molecule has 4 N–H and O–H groups in total. The normalized spacial score (nSPS) is 29.5. The fourth-order valence-electron chi connectivity index (χ4n) is 8.78. The molecule has 6 unspecified atom stereocenters. The Morgan fingerprint density at radius 1 is 0.958 bits per heavy atom. The van der Waals surface area contributed by atoms with E-state index in [4.69, 9.17) is 0 Å². The molecule has 13 heteroatoms. The van der Waals surface area contributed by atoms with Crippen LogP contribution in [0.2, 0.25) is 0 Å². The van der Waals surface area contributed by atoms with Crippen LogP contribution >= 0.6 is 0 Å². The first-order valence-corrected chi connectivity index (χ1v) is 19.7. The number of amides is 5. The van der Waals surface area contributed by atoms with Gasteiger partial charge in [0.25, 0.3) is 5.91 Å². The first-order valence-electron chi connectivity index (χ1n) is 18.0. The van der Waals surface area contributed by atoms with Gasteiger partial charge in [0.2, 0.25) is 17.6 Å². The molecule has 5 fully saturated rings. The van der Waals surface area contributed by atoms with Crippen LogP contribution in [-0.4, -0.2) is 90.6 Å². The monoisotopic (exact) mass is 689 g/mol. The third-order valence-corrected chi connectivity index (χ3v) is 14.2. The van der Waals surface area contributed by atoms with E-state index in [9.17, 15) is 32.4 Å². The first kappa shape index (κ1) is 36.3. The Morgan fingerprint density at radius 2 is 1.65 bits per heavy atom. The number of sulfone groups is 1. The molecule has 0 aromatic heterocycles. The summed E-state index contributed by atoms with van der Waals surface area (Å²) in [6, 6.07) is -3.39. The van der Waals surface area contributed by atoms with Crippen molar-refractivity contribution >= 4 is 39.4 Å². The molecular formula is C35H55N5O7S. The summed E-state index contributed by atoms with van der Waals surface area (Å²) >= 11 is 0. The molecule has 0 aromatic rings. The van der Waals surface area contributed by atoms with Gasteiger partial charge in [-0.2, -0.15) is 0 Å². The van der Waals surface area contributed by atoms with Crippen molar-refractivity contribution in [3.8, 4) is 0 Å². The predicted octanol–water partition coefficient (Wildman–Crippen LogP) is 2.62. The van der Waals surface area contributed by atoms with Crippen molar-refractivity contribution < 1.29 is 32.4 Å². The summed E-state index contributed by atoms with van der Waals surface area (Å²) in [4.78, 5) is 69.3. The maximum atomic E-state index is 14.3. The number of urea groups is 1. The van der Waals surface area contributed by atoms with Crippen molar-refractivity contribution in [1.29, 1.82) is 0 Å². The Hall–Kier alpha value is -2.96. The number of likely N-dealkylation sites (tertiary alicyclic amines) is 1. The minimum absolute atomic E-state index is 0.0781. The lowest BCUT2D eigenvalue weighted by atomic mass is 9.77. The molecule has 2 aliphatic heterocycles. The molecule has 0 radical (unpaired) electrons. The molecule has 268 valence electrons. The summed E-state index contributed by atoms with van der Waals surface area (Å²) in [5, 5.41) is 10.7. The Kier molecular flexibility index (Phi) is 10.7. The largest absolute Gasteiger partial charge is 0.346 e. The topological polar surface area (TPSA) is 171 Å². The maximum absolute atomic E-state index is 14.3. The van der Waals surface area contributed by atoms with E-state index in [0.29, 0.717) is 38.6 Å². The number of ketones is 1. The van der Waals surface area contributed by atoms with Gasteiger partial charge in [0.1, 0.15) is 12.1 Å². The van der Waals surface area contributed by atoms with E-state index in [1.54, 1.807) is 4.90 Å². The van der Waals surface area contributed by atoms with Crippen molar-refractivity contribution in [2.75, 3.05) is 18.8 Å². The van der Waals surface area contributed by atoms with Crippen LogP contribution < -0.4 is 21.3 Å². The summed E-state index contributed by atoms with van der Waals surface area (Å²) in [6.07, 6.45) is 9.40. The molecule has 6 atom stereocenters. The van der Waals surface area contributed by atoms with E-state index in [1.165, 1.54) is 6.08 Å². The number of hydrogen-bond acceptors (Lipinski definition) is 7. The molecule has 12 nitrogen and oxygen atoms in total. The first-order chi connectivity index (χ1) is 22.6. The lowest BCUT2D eigenvalue weighted by Crippen LogP contribution is -2.65. The molecule has 5 amide bonds. The zero-order valence-electron chi connectivity index (χ0n) is 29.0. The Labute approximate surface area is 285 Å². The van der Waals surface area contributed by atoms with Crippen LogP contribution in [0, 0.1) is 29.1 Å². The molecule has 5 aliphatic rings. The number of rotatable bonds is 13. The molecule has 3 aliphatic carbocycles. The number of nitrogens with one attached hydrogen (secondary N) is 4. The van der Waals surface area contributed by atoms with E-state index in [-0.39, 0.29) is 47.3 Å². The number of fused-ring (bicyclic) bond motifs is 1. The smallest absolute Gasteiger partial charge is 0.315 e. The van der Waals surface area contributed by atoms with E-state index >= 15 is 0 Å². The minimum Gasteiger partial charge on any atom is -0.346 e. The number of piperidine rings is 1. The van der Waals surface area contributed by atoms with E-state index in [0.717, 1.165) is 38.5 Å². The number of hydrogen-bond donors (Lipinski definition) is 4. The van der Waals surface area contributed by atoms with Gasteiger partial charge in [0.05, 0.1) is 22.6 Å². The molecule has 0 aromatic carbocycles. The Bertz CT molecular complexity index is 1400. The average Bonchev–Trinajstić information content (AvgIpc) is 3.89. The van der Waals surface area contributed by atoms with E-state index in [1.807, 2.05) is 13.8 Å². The van der Waals surface area contributed by atoms with Crippen LogP contribution in [0.5, 0.6) is 0 Å². The molecular weight excluding hydrogens is 634 g/mol. The van der Waals surface area contributed by atoms with Gasteiger partial charge in [-0.1, -0.05) is 72.3 Å². The van der Waals surface area contributed by atoms with Gasteiger partial charge in [0.15, 0.2) is 9.84 Å². The minimum atomic E-state index is -3.38. The van der Waals surface area contributed by atoms with Crippen LogP contribution in [0.4, 0.5) is 4.79 Å². The number of nitrogens with zero attached hydrogens (tertiary/aromatic N) is 1. The third-order valence-electron chi connectivity index (χ3n) is 11.8. The van der Waals surface area contributed by atoms with Gasteiger partial charge in [-0.3, -0.25) is 19.2 Å². The van der Waals surface area contributed by atoms with Crippen LogP contribution in [0.25, 0.3) is 0 Å². The number of carbonyl (C=O) groups excluding carboxylic acids is 5. The molecule has 0 bridgehead atoms. The van der Waals surface area contributed by atoms with Gasteiger partial charge >= 0.3 is 6.03 Å². The quantitative estimate of drug-likeness (QED) is 0.170. The summed E-state index contributed by atoms with van der Waals surface area (Å²) in [5.74, 6) is -2.35. The third kappa shape index (κ3) is 7.45. The van der Waals surface area contributed by atoms with Crippen molar-refractivity contribution in [2.24, 2.45) is 29.1 Å². The van der Waals surface area contributed by atoms with Gasteiger partial charge in [-0.05, 0) is 61.2 Å². The number of carbonyl (C=O) groups is 5. The second-order valence-electron chi connectivity index (χ2n) is 15.9. The highest BCUT2D eigenvalue weighted by Crippen LogP contribution is 2.65. The SMILES string of the molecule is C=CCNC(=O)C(=O)C(CC1CC1)NC(=O)C1C2C(CN1C(=O)C(NC(=O)NC1(C3CCCCS3(=O)=O)CCCCC1)C(C)C)C2(C)C. The highest BCUT2D eigenvalue weighted by molar-refractivity contribution is 7.92. The van der Waals surface area contributed by atoms with Gasteiger partial charge in [-0.15, -0.1) is 6.58 Å². The average molecular weight is 690 g/mol. The predicted molar refractivity (Wildman–Crippen MR) is 181 cm³/mol. The zero-order chi connectivity index (χ0) is 35.0. The summed E-state index contributed by atoms with van der Waals surface area (Å²) < 4.78 is 26.4. The van der Waals surface area contributed by atoms with Crippen LogP contribution in [0.15, 0.2) is 12.7 Å². The van der Waals surface area contributed by atoms with Crippen molar-refractivity contribution in [1.82, 2.24) is 26.2 Å². The Morgan fingerprint density at radius 3 is 2.25 bits per heavy atom. The molecule has 48 heavy (non-hydrogen) atoms. The van der Waals surface area contributed by atoms with Crippen molar-refractivity contribution in [2.45, 2.75) is 127 Å². The van der Waals surface area contributed by atoms with E-state index < -0.39 is 62.4 Å². The van der Waals surface area contributed by atoms with Crippen molar-refractivity contribution in [3.63, 3.8) is 0 Å². The van der Waals surface area contributed by atoms with Gasteiger partial charge in [0, 0.05) is 13.1 Å². The van der Waals surface area contributed by atoms with Crippen LogP contribution in [0.3, 0.4) is 0 Å². The lowest BCUT2D eigenvalue weighted by Gasteiger charge is -2.45. The van der Waals surface area contributed by atoms with Crippen LogP contribution in [0.1, 0.15) is 98.3 Å². The molecule has 2 heterocycles. The van der Waals surface area contributed by atoms with Gasteiger partial charge < -0.3 is 26.2 Å². The Balaban J connectivity index is 1.32. The molecule has 0 spiro atoms.